The fourth-order valence-electron chi connectivity index (χ4n) is 2.87. The van der Waals surface area contributed by atoms with Gasteiger partial charge in [-0.3, -0.25) is 4.79 Å². The van der Waals surface area contributed by atoms with E-state index in [-0.39, 0.29) is 0 Å². The molecular weight excluding hydrogens is 375 g/mol. The summed E-state index contributed by atoms with van der Waals surface area (Å²) in [5, 5.41) is 13.1. The Balaban J connectivity index is 2.51. The van der Waals surface area contributed by atoms with E-state index in [1.54, 1.807) is 68.6 Å². The van der Waals surface area contributed by atoms with Crippen molar-refractivity contribution in [2.24, 2.45) is 0 Å². The van der Waals surface area contributed by atoms with Crippen LogP contribution in [0.2, 0.25) is 0 Å². The molecule has 0 radical (unpaired) electrons. The van der Waals surface area contributed by atoms with Crippen LogP contribution in [-0.4, -0.2) is 41.4 Å². The van der Waals surface area contributed by atoms with Gasteiger partial charge in [0.05, 0.1) is 6.61 Å². The summed E-state index contributed by atoms with van der Waals surface area (Å²) in [6.07, 6.45) is -5.18. The highest BCUT2D eigenvalue weighted by Gasteiger charge is 2.44. The van der Waals surface area contributed by atoms with Crippen molar-refractivity contribution < 1.29 is 32.6 Å². The van der Waals surface area contributed by atoms with Gasteiger partial charge < -0.3 is 15.2 Å². The van der Waals surface area contributed by atoms with E-state index in [4.69, 9.17) is 4.74 Å². The maximum atomic E-state index is 12.8. The Morgan fingerprint density at radius 3 is 2.25 bits per heavy atom. The highest BCUT2D eigenvalue weighted by atomic mass is 19.4. The summed E-state index contributed by atoms with van der Waals surface area (Å²) in [6, 6.07) is 10.4. The first-order valence-electron chi connectivity index (χ1n) is 8.63. The van der Waals surface area contributed by atoms with Gasteiger partial charge in [-0.1, -0.05) is 42.5 Å². The molecule has 1 amide bonds. The Hall–Kier alpha value is -2.61. The number of ether oxygens (including phenoxy) is 1. The van der Waals surface area contributed by atoms with Crippen LogP contribution in [0.15, 0.2) is 42.5 Å². The molecule has 2 aromatic carbocycles. The quantitative estimate of drug-likeness (QED) is 0.759. The van der Waals surface area contributed by atoms with Gasteiger partial charge in [-0.05, 0) is 37.1 Å². The molecule has 2 rings (SSSR count). The van der Waals surface area contributed by atoms with Crippen LogP contribution in [0, 0.1) is 0 Å². The lowest BCUT2D eigenvalue weighted by Gasteiger charge is -2.30. The molecule has 2 N–H and O–H groups in total. The summed E-state index contributed by atoms with van der Waals surface area (Å²) in [6.45, 7) is 3.99. The number of carbonyl (C=O) groups excluding carboxylic acids is 2. The van der Waals surface area contributed by atoms with Gasteiger partial charge in [0, 0.05) is 5.92 Å². The smallest absolute Gasteiger partial charge is 0.458 e. The number of nitrogens with one attached hydrogen (secondary N) is 1. The number of fused-ring (bicyclic) bond motifs is 1. The summed E-state index contributed by atoms with van der Waals surface area (Å²) in [5.74, 6) is -4.47. The second-order valence-electron chi connectivity index (χ2n) is 7.34. The van der Waals surface area contributed by atoms with Crippen LogP contribution in [-0.2, 0) is 14.3 Å². The van der Waals surface area contributed by atoms with Crippen molar-refractivity contribution in [3.8, 4) is 0 Å². The largest absolute Gasteiger partial charge is 0.471 e. The molecule has 2 atom stereocenters. The minimum atomic E-state index is -5.18. The Kier molecular flexibility index (Phi) is 6.34. The molecule has 0 heterocycles. The molecule has 0 spiro atoms. The average molecular weight is 397 g/mol. The molecule has 0 bridgehead atoms. The number of hydrogen-bond donors (Lipinski definition) is 2. The molecule has 5 nitrogen and oxygen atoms in total. The zero-order valence-electron chi connectivity index (χ0n) is 15.7. The highest BCUT2D eigenvalue weighted by Crippen LogP contribution is 2.30. The number of amides is 1. The molecule has 28 heavy (non-hydrogen) atoms. The topological polar surface area (TPSA) is 75.6 Å². The number of alkyl halides is 3. The SMILES string of the molecule is CC(C)(C)OC(=O)[C@@H](NC(=O)C(F)(F)F)[C@H](CO)c1cccc2ccccc12. The van der Waals surface area contributed by atoms with Gasteiger partial charge in [0.15, 0.2) is 0 Å². The van der Waals surface area contributed by atoms with E-state index in [9.17, 15) is 27.9 Å². The van der Waals surface area contributed by atoms with Crippen molar-refractivity contribution in [2.45, 2.75) is 44.5 Å². The van der Waals surface area contributed by atoms with Crippen molar-refractivity contribution >= 4 is 22.6 Å². The standard InChI is InChI=1S/C20H22F3NO4/c1-19(2,3)28-17(26)16(24-18(27)20(21,22)23)15(11-25)14-10-6-8-12-7-4-5-9-13(12)14/h4-10,15-16,25H,11H2,1-3H3,(H,24,27)/t15-,16+/m1/s1. The predicted molar refractivity (Wildman–Crippen MR) is 97.6 cm³/mol. The molecule has 0 fully saturated rings. The fourth-order valence-corrected chi connectivity index (χ4v) is 2.87. The zero-order chi connectivity index (χ0) is 21.1. The Morgan fingerprint density at radius 1 is 1.07 bits per heavy atom. The first kappa shape index (κ1) is 21.7. The number of benzene rings is 2. The number of carbonyl (C=O) groups is 2. The van der Waals surface area contributed by atoms with Crippen LogP contribution >= 0.6 is 0 Å². The third-order valence-corrected chi connectivity index (χ3v) is 4.03. The first-order chi connectivity index (χ1) is 12.9. The van der Waals surface area contributed by atoms with Crippen LogP contribution in [0.25, 0.3) is 10.8 Å². The lowest BCUT2D eigenvalue weighted by Crippen LogP contribution is -2.52. The fraction of sp³-hybridized carbons (Fsp3) is 0.400. The predicted octanol–water partition coefficient (Wildman–Crippen LogP) is 3.30. The van der Waals surface area contributed by atoms with Crippen molar-refractivity contribution in [1.82, 2.24) is 5.32 Å². The summed E-state index contributed by atoms with van der Waals surface area (Å²) in [7, 11) is 0. The van der Waals surface area contributed by atoms with Crippen LogP contribution in [0.4, 0.5) is 13.2 Å². The molecule has 0 aliphatic heterocycles. The van der Waals surface area contributed by atoms with Crippen molar-refractivity contribution in [3.63, 3.8) is 0 Å². The second kappa shape index (κ2) is 8.18. The molecule has 0 saturated heterocycles. The number of aliphatic hydroxyl groups excluding tert-OH is 1. The number of aliphatic hydroxyl groups is 1. The third kappa shape index (κ3) is 5.22. The van der Waals surface area contributed by atoms with E-state index in [2.05, 4.69) is 0 Å². The molecule has 0 unspecified atom stereocenters. The molecule has 152 valence electrons. The van der Waals surface area contributed by atoms with Gasteiger partial charge in [-0.15, -0.1) is 0 Å². The summed E-state index contributed by atoms with van der Waals surface area (Å²) in [5.41, 5.74) is -0.559. The first-order valence-corrected chi connectivity index (χ1v) is 8.63. The van der Waals surface area contributed by atoms with Crippen LogP contribution < -0.4 is 5.32 Å². The minimum absolute atomic E-state index is 0.430. The molecule has 0 aromatic heterocycles. The van der Waals surface area contributed by atoms with E-state index >= 15 is 0 Å². The maximum Gasteiger partial charge on any atom is 0.471 e. The Labute approximate surface area is 160 Å². The minimum Gasteiger partial charge on any atom is -0.458 e. The van der Waals surface area contributed by atoms with Crippen LogP contribution in [0.3, 0.4) is 0 Å². The van der Waals surface area contributed by atoms with Gasteiger partial charge in [-0.2, -0.15) is 13.2 Å². The van der Waals surface area contributed by atoms with E-state index in [0.717, 1.165) is 5.39 Å². The normalized spacial score (nSPS) is 14.4. The van der Waals surface area contributed by atoms with E-state index in [1.165, 1.54) is 0 Å². The van der Waals surface area contributed by atoms with Gasteiger partial charge in [0.25, 0.3) is 0 Å². The molecular formula is C20H22F3NO4. The molecule has 2 aromatic rings. The average Bonchev–Trinajstić information content (AvgIpc) is 2.59. The number of rotatable bonds is 5. The summed E-state index contributed by atoms with van der Waals surface area (Å²) >= 11 is 0. The van der Waals surface area contributed by atoms with Crippen molar-refractivity contribution in [1.29, 1.82) is 0 Å². The summed E-state index contributed by atoms with van der Waals surface area (Å²) < 4.78 is 43.6. The van der Waals surface area contributed by atoms with Gasteiger partial charge in [0.2, 0.25) is 0 Å². The van der Waals surface area contributed by atoms with Crippen LogP contribution in [0.5, 0.6) is 0 Å². The Morgan fingerprint density at radius 2 is 1.68 bits per heavy atom. The molecule has 0 aliphatic rings. The molecule has 0 aliphatic carbocycles. The number of esters is 1. The van der Waals surface area contributed by atoms with E-state index in [0.29, 0.717) is 10.9 Å². The highest BCUT2D eigenvalue weighted by molar-refractivity contribution is 5.90. The van der Waals surface area contributed by atoms with Crippen molar-refractivity contribution in [3.05, 3.63) is 48.0 Å². The van der Waals surface area contributed by atoms with E-state index < -0.39 is 42.2 Å². The van der Waals surface area contributed by atoms with Gasteiger partial charge >= 0.3 is 18.1 Å². The van der Waals surface area contributed by atoms with Gasteiger partial charge in [0.1, 0.15) is 11.6 Å². The second-order valence-corrected chi connectivity index (χ2v) is 7.34. The van der Waals surface area contributed by atoms with Crippen molar-refractivity contribution in [2.75, 3.05) is 6.61 Å². The molecule has 8 heteroatoms. The number of hydrogen-bond acceptors (Lipinski definition) is 4. The zero-order valence-corrected chi connectivity index (χ0v) is 15.7. The lowest BCUT2D eigenvalue weighted by molar-refractivity contribution is -0.177. The van der Waals surface area contributed by atoms with Crippen LogP contribution in [0.1, 0.15) is 32.3 Å². The summed E-state index contributed by atoms with van der Waals surface area (Å²) in [4.78, 5) is 24.2. The monoisotopic (exact) mass is 397 g/mol. The van der Waals surface area contributed by atoms with Gasteiger partial charge in [-0.25, -0.2) is 4.79 Å². The lowest BCUT2D eigenvalue weighted by atomic mass is 9.88. The number of halogens is 3. The van der Waals surface area contributed by atoms with E-state index in [1.807, 2.05) is 0 Å². The third-order valence-electron chi connectivity index (χ3n) is 4.03. The maximum absolute atomic E-state index is 12.8. The molecule has 0 saturated carbocycles. The Bertz CT molecular complexity index is 853.